The first kappa shape index (κ1) is 47.2. The molecule has 0 unspecified atom stereocenters. The Morgan fingerprint density at radius 1 is 0.482 bits per heavy atom. The number of rotatable bonds is 37. The van der Waals surface area contributed by atoms with Gasteiger partial charge >= 0.3 is 12.1 Å². The van der Waals surface area contributed by atoms with Gasteiger partial charge in [0.05, 0.1) is 99.1 Å². The first-order chi connectivity index (χ1) is 27.7. The highest BCUT2D eigenvalue weighted by Gasteiger charge is 2.28. The summed E-state index contributed by atoms with van der Waals surface area (Å²) in [5.41, 5.74) is 4.80. The van der Waals surface area contributed by atoms with Crippen molar-refractivity contribution in [3.05, 3.63) is 59.7 Å². The van der Waals surface area contributed by atoms with Crippen molar-refractivity contribution in [2.24, 2.45) is 0 Å². The van der Waals surface area contributed by atoms with Gasteiger partial charge in [0.25, 0.3) is 0 Å². The first-order valence-corrected chi connectivity index (χ1v) is 20.6. The van der Waals surface area contributed by atoms with E-state index in [1.165, 1.54) is 47.9 Å². The zero-order valence-corrected chi connectivity index (χ0v) is 33.7. The number of amides is 1. The van der Waals surface area contributed by atoms with Crippen molar-refractivity contribution < 1.29 is 57.0 Å². The Bertz CT molecular complexity index is 1240. The van der Waals surface area contributed by atoms with Crippen LogP contribution in [0.25, 0.3) is 11.1 Å². The summed E-state index contributed by atoms with van der Waals surface area (Å²) in [4.78, 5) is 24.0. The molecular weight excluding hydrogens is 722 g/mol. The Balaban J connectivity index is 0.948. The third-order valence-corrected chi connectivity index (χ3v) is 8.91. The third-order valence-electron chi connectivity index (χ3n) is 8.91. The summed E-state index contributed by atoms with van der Waals surface area (Å²) in [5.74, 6) is -0.0990. The van der Waals surface area contributed by atoms with Gasteiger partial charge in [0.15, 0.2) is 0 Å². The molecule has 1 aliphatic rings. The van der Waals surface area contributed by atoms with Crippen molar-refractivity contribution in [3.63, 3.8) is 0 Å². The highest BCUT2D eigenvalue weighted by atomic mass is 16.6. The van der Waals surface area contributed by atoms with E-state index in [0.717, 1.165) is 12.8 Å². The second-order valence-corrected chi connectivity index (χ2v) is 13.2. The average Bonchev–Trinajstić information content (AvgIpc) is 3.54. The van der Waals surface area contributed by atoms with Gasteiger partial charge in [-0.2, -0.15) is 0 Å². The maximum Gasteiger partial charge on any atom is 0.407 e. The predicted octanol–water partition coefficient (Wildman–Crippen LogP) is 6.34. The topological polar surface area (TPSA) is 138 Å². The lowest BCUT2D eigenvalue weighted by molar-refractivity contribution is -0.145. The number of benzene rings is 2. The lowest BCUT2D eigenvalue weighted by Gasteiger charge is -2.14. The number of unbranched alkanes of at least 4 members (excludes halogenated alkanes) is 5. The molecule has 2 aromatic rings. The minimum Gasteiger partial charge on any atom is -0.463 e. The molecule has 1 N–H and O–H groups in total. The Morgan fingerprint density at radius 3 is 1.38 bits per heavy atom. The molecule has 3 rings (SSSR count). The van der Waals surface area contributed by atoms with E-state index >= 15 is 0 Å². The van der Waals surface area contributed by atoms with Gasteiger partial charge in [-0.15, -0.1) is 0 Å². The van der Waals surface area contributed by atoms with E-state index in [4.69, 9.17) is 47.4 Å². The van der Waals surface area contributed by atoms with Crippen LogP contribution in [0.5, 0.6) is 0 Å². The molecule has 0 radical (unpaired) electrons. The number of ether oxygens (including phenoxy) is 10. The van der Waals surface area contributed by atoms with Crippen molar-refractivity contribution >= 4 is 12.1 Å². The lowest BCUT2D eigenvalue weighted by Crippen LogP contribution is -2.27. The number of carbonyl (C=O) groups excluding carboxylic acids is 2. The highest BCUT2D eigenvalue weighted by molar-refractivity contribution is 5.79. The SMILES string of the molecule is CCCCCCCCC(=O)OCCOCCOCCOCCOCCOCCOCCOCCOCCCNC(=O)OCC1c2ccccc2-c2ccccc21. The number of hydrogen-bond acceptors (Lipinski definition) is 12. The minimum absolute atomic E-state index is 0.0481. The molecule has 0 fully saturated rings. The zero-order valence-electron chi connectivity index (χ0n) is 33.7. The quantitative estimate of drug-likeness (QED) is 0.0604. The Labute approximate surface area is 334 Å². The van der Waals surface area contributed by atoms with Crippen molar-refractivity contribution in [2.45, 2.75) is 64.2 Å². The molecular formula is C43H67NO12. The smallest absolute Gasteiger partial charge is 0.407 e. The Morgan fingerprint density at radius 2 is 0.893 bits per heavy atom. The molecule has 0 bridgehead atoms. The average molecular weight is 790 g/mol. The maximum absolute atomic E-state index is 12.3. The molecule has 0 heterocycles. The fraction of sp³-hybridized carbons (Fsp3) is 0.674. The fourth-order valence-electron chi connectivity index (χ4n) is 5.99. The molecule has 316 valence electrons. The van der Waals surface area contributed by atoms with Crippen LogP contribution in [-0.2, 0) is 52.2 Å². The molecule has 0 aliphatic heterocycles. The third kappa shape index (κ3) is 22.0. The molecule has 0 spiro atoms. The van der Waals surface area contributed by atoms with E-state index < -0.39 is 6.09 Å². The van der Waals surface area contributed by atoms with Gasteiger partial charge in [-0.05, 0) is 35.1 Å². The number of hydrogen-bond donors (Lipinski definition) is 1. The normalized spacial score (nSPS) is 12.1. The minimum atomic E-state index is -0.416. The van der Waals surface area contributed by atoms with E-state index in [1.807, 2.05) is 24.3 Å². The summed E-state index contributed by atoms with van der Waals surface area (Å²) >= 11 is 0. The summed E-state index contributed by atoms with van der Waals surface area (Å²) in [5, 5.41) is 2.81. The molecule has 56 heavy (non-hydrogen) atoms. The van der Waals surface area contributed by atoms with Crippen LogP contribution in [0.2, 0.25) is 0 Å². The second-order valence-electron chi connectivity index (χ2n) is 13.2. The van der Waals surface area contributed by atoms with Crippen LogP contribution < -0.4 is 5.32 Å². The molecule has 0 saturated carbocycles. The Kier molecular flexibility index (Phi) is 27.7. The van der Waals surface area contributed by atoms with Crippen LogP contribution >= 0.6 is 0 Å². The zero-order chi connectivity index (χ0) is 39.6. The molecule has 0 aromatic heterocycles. The molecule has 13 heteroatoms. The Hall–Kier alpha value is -3.14. The molecule has 13 nitrogen and oxygen atoms in total. The van der Waals surface area contributed by atoms with Crippen LogP contribution in [-0.4, -0.2) is 138 Å². The predicted molar refractivity (Wildman–Crippen MR) is 213 cm³/mol. The van der Waals surface area contributed by atoms with Crippen molar-refractivity contribution in [1.29, 1.82) is 0 Å². The van der Waals surface area contributed by atoms with E-state index in [0.29, 0.717) is 132 Å². The van der Waals surface area contributed by atoms with Crippen LogP contribution in [0.3, 0.4) is 0 Å². The lowest BCUT2D eigenvalue weighted by atomic mass is 9.98. The van der Waals surface area contributed by atoms with Gasteiger partial charge in [-0.3, -0.25) is 4.79 Å². The van der Waals surface area contributed by atoms with E-state index in [1.54, 1.807) is 0 Å². The van der Waals surface area contributed by atoms with Gasteiger partial charge in [-0.1, -0.05) is 87.6 Å². The molecule has 1 amide bonds. The first-order valence-electron chi connectivity index (χ1n) is 20.6. The molecule has 0 atom stereocenters. The van der Waals surface area contributed by atoms with E-state index in [2.05, 4.69) is 36.5 Å². The van der Waals surface area contributed by atoms with Crippen molar-refractivity contribution in [2.75, 3.05) is 125 Å². The number of fused-ring (bicyclic) bond motifs is 3. The molecule has 1 aliphatic carbocycles. The highest BCUT2D eigenvalue weighted by Crippen LogP contribution is 2.44. The van der Waals surface area contributed by atoms with Gasteiger partial charge in [-0.25, -0.2) is 4.79 Å². The van der Waals surface area contributed by atoms with Gasteiger partial charge < -0.3 is 52.7 Å². The van der Waals surface area contributed by atoms with Gasteiger partial charge in [0.1, 0.15) is 13.2 Å². The summed E-state index contributed by atoms with van der Waals surface area (Å²) in [6.45, 7) is 10.8. The number of alkyl carbamates (subject to hydrolysis) is 1. The fourth-order valence-corrected chi connectivity index (χ4v) is 5.99. The number of nitrogens with one attached hydrogen (secondary N) is 1. The summed E-state index contributed by atoms with van der Waals surface area (Å²) in [7, 11) is 0. The maximum atomic E-state index is 12.3. The van der Waals surface area contributed by atoms with Crippen molar-refractivity contribution in [1.82, 2.24) is 5.32 Å². The van der Waals surface area contributed by atoms with Crippen LogP contribution in [0.15, 0.2) is 48.5 Å². The van der Waals surface area contributed by atoms with E-state index in [-0.39, 0.29) is 18.5 Å². The molecule has 0 saturated heterocycles. The van der Waals surface area contributed by atoms with Crippen molar-refractivity contribution in [3.8, 4) is 11.1 Å². The summed E-state index contributed by atoms with van der Waals surface area (Å²) in [6, 6.07) is 16.6. The molecule has 2 aromatic carbocycles. The number of carbonyl (C=O) groups is 2. The summed E-state index contributed by atoms with van der Waals surface area (Å²) < 4.78 is 54.8. The van der Waals surface area contributed by atoms with E-state index in [9.17, 15) is 9.59 Å². The standard InChI is InChI=1S/C43H67NO12/c1-2-3-4-5-6-7-17-42(45)55-35-34-54-33-32-53-31-30-52-29-28-51-27-26-50-25-24-49-23-22-48-21-20-47-19-12-18-44-43(46)56-36-41-39-15-10-8-13-37(39)38-14-9-11-16-40(38)41/h8-11,13-16,41H,2-7,12,17-36H2,1H3,(H,44,46). The van der Waals surface area contributed by atoms with Crippen LogP contribution in [0, 0.1) is 0 Å². The van der Waals surface area contributed by atoms with Crippen LogP contribution in [0.1, 0.15) is 75.3 Å². The van der Waals surface area contributed by atoms with Gasteiger partial charge in [0.2, 0.25) is 0 Å². The monoisotopic (exact) mass is 789 g/mol. The van der Waals surface area contributed by atoms with Gasteiger partial charge in [0, 0.05) is 25.5 Å². The number of esters is 1. The summed E-state index contributed by atoms with van der Waals surface area (Å²) in [6.07, 6.45) is 7.66. The second kappa shape index (κ2) is 32.9. The van der Waals surface area contributed by atoms with Crippen LogP contribution in [0.4, 0.5) is 4.79 Å². The largest absolute Gasteiger partial charge is 0.463 e.